The summed E-state index contributed by atoms with van der Waals surface area (Å²) in [6, 6.07) is 1.63. The van der Waals surface area contributed by atoms with E-state index < -0.39 is 11.6 Å². The van der Waals surface area contributed by atoms with Crippen LogP contribution in [0, 0.1) is 12.7 Å². The van der Waals surface area contributed by atoms with Gasteiger partial charge in [0.15, 0.2) is 17.3 Å². The average Bonchev–Trinajstić information content (AvgIpc) is 2.32. The van der Waals surface area contributed by atoms with Crippen LogP contribution in [0.2, 0.25) is 0 Å². The molecule has 0 aliphatic carbocycles. The summed E-state index contributed by atoms with van der Waals surface area (Å²) in [6.45, 7) is 3.34. The molecule has 0 aromatic heterocycles. The van der Waals surface area contributed by atoms with Gasteiger partial charge in [0.05, 0.1) is 0 Å². The predicted molar refractivity (Wildman–Crippen MR) is 59.3 cm³/mol. The summed E-state index contributed by atoms with van der Waals surface area (Å²) in [5, 5.41) is 22.1. The van der Waals surface area contributed by atoms with Crippen molar-refractivity contribution in [3.05, 3.63) is 23.0 Å². The molecule has 1 fully saturated rings. The molecule has 0 bridgehead atoms. The quantitative estimate of drug-likeness (QED) is 0.641. The zero-order chi connectivity index (χ0) is 11.7. The molecule has 0 spiro atoms. The summed E-state index contributed by atoms with van der Waals surface area (Å²) < 4.78 is 13.8. The Labute approximate surface area is 93.9 Å². The van der Waals surface area contributed by atoms with Crippen molar-refractivity contribution in [3.63, 3.8) is 0 Å². The second kappa shape index (κ2) is 4.29. The largest absolute Gasteiger partial charge is 0.504 e. The van der Waals surface area contributed by atoms with Crippen molar-refractivity contribution in [2.45, 2.75) is 25.7 Å². The number of nitrogens with one attached hydrogen (secondary N) is 1. The van der Waals surface area contributed by atoms with Gasteiger partial charge in [0.25, 0.3) is 0 Å². The minimum Gasteiger partial charge on any atom is -0.504 e. The van der Waals surface area contributed by atoms with Gasteiger partial charge < -0.3 is 15.5 Å². The normalized spacial score (nSPS) is 21.0. The smallest absolute Gasteiger partial charge is 0.194 e. The first-order chi connectivity index (χ1) is 7.61. The van der Waals surface area contributed by atoms with Crippen molar-refractivity contribution in [1.82, 2.24) is 5.32 Å². The van der Waals surface area contributed by atoms with E-state index in [9.17, 15) is 14.6 Å². The number of rotatable bonds is 1. The van der Waals surface area contributed by atoms with Crippen LogP contribution in [0.15, 0.2) is 6.07 Å². The Morgan fingerprint density at radius 3 is 2.75 bits per heavy atom. The molecule has 1 aromatic rings. The lowest BCUT2D eigenvalue weighted by atomic mass is 9.90. The summed E-state index contributed by atoms with van der Waals surface area (Å²) in [6.07, 6.45) is 1.92. The van der Waals surface area contributed by atoms with Crippen molar-refractivity contribution in [1.29, 1.82) is 0 Å². The minimum atomic E-state index is -0.684. The fraction of sp³-hybridized carbons (Fsp3) is 0.500. The Morgan fingerprint density at radius 1 is 1.38 bits per heavy atom. The van der Waals surface area contributed by atoms with Gasteiger partial charge in [0, 0.05) is 6.54 Å². The van der Waals surface area contributed by atoms with E-state index in [-0.39, 0.29) is 11.7 Å². The van der Waals surface area contributed by atoms with Crippen molar-refractivity contribution < 1.29 is 14.6 Å². The summed E-state index contributed by atoms with van der Waals surface area (Å²) in [7, 11) is 0. The number of halogens is 1. The number of phenols is 2. The zero-order valence-electron chi connectivity index (χ0n) is 9.26. The maximum Gasteiger partial charge on any atom is 0.194 e. The molecule has 0 saturated carbocycles. The summed E-state index contributed by atoms with van der Waals surface area (Å²) >= 11 is 0. The topological polar surface area (TPSA) is 52.5 Å². The highest BCUT2D eigenvalue weighted by molar-refractivity contribution is 5.49. The molecule has 1 atom stereocenters. The fourth-order valence-electron chi connectivity index (χ4n) is 2.21. The molecule has 3 nitrogen and oxygen atoms in total. The first kappa shape index (κ1) is 11.2. The predicted octanol–water partition coefficient (Wildman–Crippen LogP) is 2.01. The Hall–Kier alpha value is -1.29. The van der Waals surface area contributed by atoms with Gasteiger partial charge in [0.2, 0.25) is 0 Å². The number of piperidine rings is 1. The Bertz CT molecular complexity index is 400. The van der Waals surface area contributed by atoms with Gasteiger partial charge in [-0.25, -0.2) is 4.39 Å². The summed E-state index contributed by atoms with van der Waals surface area (Å²) in [4.78, 5) is 0. The monoisotopic (exact) mass is 225 g/mol. The van der Waals surface area contributed by atoms with Crippen LogP contribution in [-0.4, -0.2) is 23.3 Å². The lowest BCUT2D eigenvalue weighted by Crippen LogP contribution is -2.28. The van der Waals surface area contributed by atoms with Gasteiger partial charge in [-0.05, 0) is 49.4 Å². The van der Waals surface area contributed by atoms with Crippen LogP contribution < -0.4 is 5.32 Å². The highest BCUT2D eigenvalue weighted by Gasteiger charge is 2.23. The van der Waals surface area contributed by atoms with Gasteiger partial charge in [-0.3, -0.25) is 0 Å². The van der Waals surface area contributed by atoms with E-state index in [2.05, 4.69) is 5.32 Å². The standard InChI is InChI=1S/C12H16FNO2/c1-7-5-9(8-3-2-4-14-6-8)10(13)12(16)11(7)15/h5,8,14-16H,2-4,6H2,1H3. The van der Waals surface area contributed by atoms with Crippen molar-refractivity contribution >= 4 is 0 Å². The number of hydrogen-bond donors (Lipinski definition) is 3. The summed E-state index contributed by atoms with van der Waals surface area (Å²) in [5.41, 5.74) is 1.01. The molecule has 0 radical (unpaired) electrons. The molecular weight excluding hydrogens is 209 g/mol. The van der Waals surface area contributed by atoms with Crippen LogP contribution in [0.4, 0.5) is 4.39 Å². The molecule has 0 amide bonds. The number of aryl methyl sites for hydroxylation is 1. The molecule has 1 saturated heterocycles. The van der Waals surface area contributed by atoms with Gasteiger partial charge in [-0.15, -0.1) is 0 Å². The maximum absolute atomic E-state index is 13.8. The molecule has 4 heteroatoms. The van der Waals surface area contributed by atoms with Crippen molar-refractivity contribution in [3.8, 4) is 11.5 Å². The third kappa shape index (κ3) is 1.85. The van der Waals surface area contributed by atoms with E-state index in [1.54, 1.807) is 13.0 Å². The van der Waals surface area contributed by atoms with Gasteiger partial charge in [-0.1, -0.05) is 0 Å². The third-order valence-electron chi connectivity index (χ3n) is 3.17. The SMILES string of the molecule is Cc1cc(C2CCCNC2)c(F)c(O)c1O. The van der Waals surface area contributed by atoms with Crippen molar-refractivity contribution in [2.75, 3.05) is 13.1 Å². The number of aromatic hydroxyl groups is 2. The zero-order valence-corrected chi connectivity index (χ0v) is 9.26. The number of benzene rings is 1. The van der Waals surface area contributed by atoms with Crippen molar-refractivity contribution in [2.24, 2.45) is 0 Å². The Balaban J connectivity index is 2.40. The highest BCUT2D eigenvalue weighted by Crippen LogP contribution is 2.37. The van der Waals surface area contributed by atoms with E-state index in [1.807, 2.05) is 0 Å². The lowest BCUT2D eigenvalue weighted by Gasteiger charge is -2.24. The second-order valence-corrected chi connectivity index (χ2v) is 4.34. The van der Waals surface area contributed by atoms with E-state index >= 15 is 0 Å². The molecule has 1 heterocycles. The van der Waals surface area contributed by atoms with Gasteiger partial charge >= 0.3 is 0 Å². The molecule has 1 aromatic carbocycles. The van der Waals surface area contributed by atoms with E-state index in [1.165, 1.54) is 0 Å². The third-order valence-corrected chi connectivity index (χ3v) is 3.17. The second-order valence-electron chi connectivity index (χ2n) is 4.34. The van der Waals surface area contributed by atoms with Crippen LogP contribution in [-0.2, 0) is 0 Å². The van der Waals surface area contributed by atoms with Crippen LogP contribution in [0.3, 0.4) is 0 Å². The first-order valence-corrected chi connectivity index (χ1v) is 5.53. The Kier molecular flexibility index (Phi) is 3.01. The van der Waals surface area contributed by atoms with Gasteiger partial charge in [0.1, 0.15) is 0 Å². The minimum absolute atomic E-state index is 0.0824. The van der Waals surface area contributed by atoms with E-state index in [4.69, 9.17) is 0 Å². The fourth-order valence-corrected chi connectivity index (χ4v) is 2.21. The van der Waals surface area contributed by atoms with Crippen LogP contribution >= 0.6 is 0 Å². The van der Waals surface area contributed by atoms with Crippen LogP contribution in [0.1, 0.15) is 29.9 Å². The van der Waals surface area contributed by atoms with Crippen LogP contribution in [0.25, 0.3) is 0 Å². The molecule has 3 N–H and O–H groups in total. The van der Waals surface area contributed by atoms with E-state index in [0.717, 1.165) is 25.9 Å². The number of phenolic OH excluding ortho intramolecular Hbond substituents is 2. The lowest BCUT2D eigenvalue weighted by molar-refractivity contribution is 0.367. The average molecular weight is 225 g/mol. The Morgan fingerprint density at radius 2 is 2.12 bits per heavy atom. The number of hydrogen-bond acceptors (Lipinski definition) is 3. The van der Waals surface area contributed by atoms with Gasteiger partial charge in [-0.2, -0.15) is 0 Å². The highest BCUT2D eigenvalue weighted by atomic mass is 19.1. The van der Waals surface area contributed by atoms with E-state index in [0.29, 0.717) is 11.1 Å². The molecule has 1 aliphatic heterocycles. The molecule has 1 aliphatic rings. The molecule has 88 valence electrons. The molecule has 16 heavy (non-hydrogen) atoms. The molecule has 2 rings (SSSR count). The van der Waals surface area contributed by atoms with Crippen LogP contribution in [0.5, 0.6) is 11.5 Å². The molecule has 1 unspecified atom stereocenters. The molecular formula is C12H16FNO2. The maximum atomic E-state index is 13.8. The first-order valence-electron chi connectivity index (χ1n) is 5.53. The summed E-state index contributed by atoms with van der Waals surface area (Å²) in [5.74, 6) is -1.58.